The van der Waals surface area contributed by atoms with E-state index in [9.17, 15) is 4.79 Å². The van der Waals surface area contributed by atoms with Crippen LogP contribution in [0.4, 0.5) is 0 Å². The van der Waals surface area contributed by atoms with E-state index < -0.39 is 0 Å². The van der Waals surface area contributed by atoms with Crippen molar-refractivity contribution >= 4 is 5.91 Å². The van der Waals surface area contributed by atoms with Crippen molar-refractivity contribution in [2.75, 3.05) is 6.79 Å². The van der Waals surface area contributed by atoms with Crippen molar-refractivity contribution in [1.82, 2.24) is 4.90 Å². The van der Waals surface area contributed by atoms with Gasteiger partial charge >= 0.3 is 0 Å². The molecule has 1 aliphatic carbocycles. The topological polar surface area (TPSA) is 38.8 Å². The molecule has 0 spiro atoms. The normalized spacial score (nSPS) is 16.7. The number of nitrogens with zero attached hydrogens (tertiary/aromatic N) is 1. The number of hydrogen-bond acceptors (Lipinski definition) is 3. The first-order chi connectivity index (χ1) is 13.9. The number of rotatable bonds is 4. The second-order valence-electron chi connectivity index (χ2n) is 9.24. The van der Waals surface area contributed by atoms with E-state index in [-0.39, 0.29) is 18.1 Å². The highest BCUT2D eigenvalue weighted by Gasteiger charge is 2.27. The molecule has 2 aliphatic rings. The molecule has 0 unspecified atom stereocenters. The first-order valence-corrected chi connectivity index (χ1v) is 10.7. The van der Waals surface area contributed by atoms with Crippen molar-refractivity contribution in [1.29, 1.82) is 0 Å². The summed E-state index contributed by atoms with van der Waals surface area (Å²) in [6, 6.07) is 14.4. The van der Waals surface area contributed by atoms with Crippen LogP contribution >= 0.6 is 0 Å². The third-order valence-corrected chi connectivity index (χ3v) is 6.06. The maximum atomic E-state index is 13.5. The van der Waals surface area contributed by atoms with Gasteiger partial charge < -0.3 is 14.4 Å². The fourth-order valence-electron chi connectivity index (χ4n) is 4.27. The van der Waals surface area contributed by atoms with Crippen LogP contribution in [0.5, 0.6) is 11.5 Å². The van der Waals surface area contributed by atoms with E-state index in [1.54, 1.807) is 0 Å². The maximum absolute atomic E-state index is 13.5. The Morgan fingerprint density at radius 2 is 1.66 bits per heavy atom. The number of amides is 1. The van der Waals surface area contributed by atoms with Crippen molar-refractivity contribution in [2.45, 2.75) is 70.9 Å². The van der Waals surface area contributed by atoms with Crippen LogP contribution < -0.4 is 9.47 Å². The summed E-state index contributed by atoms with van der Waals surface area (Å²) in [5.41, 5.74) is 3.18. The highest BCUT2D eigenvalue weighted by molar-refractivity contribution is 5.94. The van der Waals surface area contributed by atoms with Crippen LogP contribution in [-0.4, -0.2) is 23.6 Å². The van der Waals surface area contributed by atoms with E-state index in [1.165, 1.54) is 24.8 Å². The van der Waals surface area contributed by atoms with Crippen LogP contribution in [-0.2, 0) is 12.0 Å². The molecule has 0 N–H and O–H groups in total. The smallest absolute Gasteiger partial charge is 0.254 e. The molecule has 1 aliphatic heterocycles. The molecule has 2 aromatic rings. The summed E-state index contributed by atoms with van der Waals surface area (Å²) < 4.78 is 11.0. The van der Waals surface area contributed by atoms with Crippen LogP contribution in [0.2, 0.25) is 0 Å². The Morgan fingerprint density at radius 3 is 2.34 bits per heavy atom. The predicted molar refractivity (Wildman–Crippen MR) is 114 cm³/mol. The standard InChI is InChI=1S/C25H31NO3/c1-25(2,3)20-12-10-19(11-13-20)24(27)26(21-7-5-4-6-8-21)16-18-9-14-22-23(15-18)29-17-28-22/h9-15,21H,4-8,16-17H2,1-3H3. The molecular weight excluding hydrogens is 362 g/mol. The number of fused-ring (bicyclic) bond motifs is 1. The monoisotopic (exact) mass is 393 g/mol. The summed E-state index contributed by atoms with van der Waals surface area (Å²) in [4.78, 5) is 15.6. The van der Waals surface area contributed by atoms with Crippen LogP contribution in [0.1, 0.15) is 74.4 Å². The highest BCUT2D eigenvalue weighted by atomic mass is 16.7. The lowest BCUT2D eigenvalue weighted by Crippen LogP contribution is -2.41. The van der Waals surface area contributed by atoms with Crippen molar-refractivity contribution in [3.63, 3.8) is 0 Å². The lowest BCUT2D eigenvalue weighted by molar-refractivity contribution is 0.0614. The molecule has 0 bridgehead atoms. The van der Waals surface area contributed by atoms with Crippen LogP contribution in [0.25, 0.3) is 0 Å². The summed E-state index contributed by atoms with van der Waals surface area (Å²) >= 11 is 0. The van der Waals surface area contributed by atoms with Crippen LogP contribution in [0, 0.1) is 0 Å². The second kappa shape index (κ2) is 8.10. The molecule has 4 rings (SSSR count). The van der Waals surface area contributed by atoms with Gasteiger partial charge in [-0.1, -0.05) is 58.2 Å². The van der Waals surface area contributed by atoms with E-state index in [2.05, 4.69) is 37.8 Å². The van der Waals surface area contributed by atoms with Gasteiger partial charge in [0.2, 0.25) is 6.79 Å². The molecule has 0 saturated heterocycles. The number of hydrogen-bond donors (Lipinski definition) is 0. The Balaban J connectivity index is 1.59. The molecule has 154 valence electrons. The number of ether oxygens (including phenoxy) is 2. The number of benzene rings is 2. The van der Waals surface area contributed by atoms with Gasteiger partial charge in [0.1, 0.15) is 0 Å². The minimum absolute atomic E-state index is 0.0805. The van der Waals surface area contributed by atoms with Crippen molar-refractivity contribution in [3.8, 4) is 11.5 Å². The zero-order valence-electron chi connectivity index (χ0n) is 17.7. The van der Waals surface area contributed by atoms with E-state index in [1.807, 2.05) is 30.3 Å². The minimum atomic E-state index is 0.0805. The van der Waals surface area contributed by atoms with Gasteiger partial charge in [-0.3, -0.25) is 4.79 Å². The summed E-state index contributed by atoms with van der Waals surface area (Å²) in [7, 11) is 0. The van der Waals surface area contributed by atoms with E-state index >= 15 is 0 Å². The van der Waals surface area contributed by atoms with E-state index in [4.69, 9.17) is 9.47 Å². The Bertz CT molecular complexity index is 861. The number of carbonyl (C=O) groups is 1. The predicted octanol–water partition coefficient (Wildman–Crippen LogP) is 5.69. The third kappa shape index (κ3) is 4.42. The fourth-order valence-corrected chi connectivity index (χ4v) is 4.27. The molecule has 29 heavy (non-hydrogen) atoms. The van der Waals surface area contributed by atoms with E-state index in [0.717, 1.165) is 35.5 Å². The van der Waals surface area contributed by atoms with Gasteiger partial charge in [0.15, 0.2) is 11.5 Å². The molecule has 1 saturated carbocycles. The van der Waals surface area contributed by atoms with Crippen molar-refractivity contribution in [2.24, 2.45) is 0 Å². The lowest BCUT2D eigenvalue weighted by Gasteiger charge is -2.35. The average molecular weight is 394 g/mol. The molecule has 1 amide bonds. The number of carbonyl (C=O) groups excluding carboxylic acids is 1. The van der Waals surface area contributed by atoms with Gasteiger partial charge in [0.25, 0.3) is 5.91 Å². The van der Waals surface area contributed by atoms with Crippen molar-refractivity contribution in [3.05, 3.63) is 59.2 Å². The Morgan fingerprint density at radius 1 is 0.966 bits per heavy atom. The van der Waals surface area contributed by atoms with Gasteiger partial charge in [-0.25, -0.2) is 0 Å². The minimum Gasteiger partial charge on any atom is -0.454 e. The highest BCUT2D eigenvalue weighted by Crippen LogP contribution is 2.34. The van der Waals surface area contributed by atoms with Gasteiger partial charge in [0.05, 0.1) is 0 Å². The molecule has 0 aromatic heterocycles. The Hall–Kier alpha value is -2.49. The van der Waals surface area contributed by atoms with E-state index in [0.29, 0.717) is 12.6 Å². The van der Waals surface area contributed by atoms with Gasteiger partial charge in [-0.2, -0.15) is 0 Å². The Kier molecular flexibility index (Phi) is 5.53. The summed E-state index contributed by atoms with van der Waals surface area (Å²) in [6.45, 7) is 7.44. The van der Waals surface area contributed by atoms with Gasteiger partial charge in [-0.05, 0) is 53.6 Å². The first kappa shape index (κ1) is 19.8. The van der Waals surface area contributed by atoms with Gasteiger partial charge in [0, 0.05) is 18.2 Å². The SMILES string of the molecule is CC(C)(C)c1ccc(C(=O)N(Cc2ccc3c(c2)OCO3)C2CCCCC2)cc1. The van der Waals surface area contributed by atoms with Crippen LogP contribution in [0.15, 0.2) is 42.5 Å². The molecule has 0 radical (unpaired) electrons. The maximum Gasteiger partial charge on any atom is 0.254 e. The summed E-state index contributed by atoms with van der Waals surface area (Å²) in [5, 5.41) is 0. The quantitative estimate of drug-likeness (QED) is 0.670. The Labute approximate surface area is 173 Å². The van der Waals surface area contributed by atoms with Crippen molar-refractivity contribution < 1.29 is 14.3 Å². The largest absolute Gasteiger partial charge is 0.454 e. The summed E-state index contributed by atoms with van der Waals surface area (Å²) in [6.07, 6.45) is 5.81. The van der Waals surface area contributed by atoms with Gasteiger partial charge in [-0.15, -0.1) is 0 Å². The molecule has 4 heteroatoms. The molecule has 0 atom stereocenters. The fraction of sp³-hybridized carbons (Fsp3) is 0.480. The first-order valence-electron chi connectivity index (χ1n) is 10.7. The molecular formula is C25H31NO3. The summed E-state index contributed by atoms with van der Waals surface area (Å²) in [5.74, 6) is 1.67. The zero-order chi connectivity index (χ0) is 20.4. The zero-order valence-corrected chi connectivity index (χ0v) is 17.7. The molecule has 4 nitrogen and oxygen atoms in total. The lowest BCUT2D eigenvalue weighted by atomic mass is 9.86. The average Bonchev–Trinajstić information content (AvgIpc) is 3.19. The molecule has 1 fully saturated rings. The molecule has 2 aromatic carbocycles. The molecule has 1 heterocycles. The second-order valence-corrected chi connectivity index (χ2v) is 9.24. The third-order valence-electron chi connectivity index (χ3n) is 6.06. The van der Waals surface area contributed by atoms with Crippen LogP contribution in [0.3, 0.4) is 0 Å².